The molecule has 0 spiro atoms. The highest BCUT2D eigenvalue weighted by Gasteiger charge is 2.42. The van der Waals surface area contributed by atoms with E-state index in [1.165, 1.54) is 0 Å². The number of nitrogens with one attached hydrogen (secondary N) is 1. The van der Waals surface area contributed by atoms with Crippen molar-refractivity contribution in [2.45, 2.75) is 33.4 Å². The van der Waals surface area contributed by atoms with E-state index in [1.54, 1.807) is 12.4 Å². The number of amides is 1. The summed E-state index contributed by atoms with van der Waals surface area (Å²) in [7, 11) is 0. The molecule has 0 saturated heterocycles. The van der Waals surface area contributed by atoms with Crippen LogP contribution in [0.25, 0.3) is 11.3 Å². The SMILES string of the molecule is CCOc1cccc([C@H]2c3c(-c4cc(C)cc(C)c4O)n[nH]c3C(=O)N2Cc2cccnc2)c1. The minimum atomic E-state index is -0.405. The number of aromatic amines is 1. The predicted molar refractivity (Wildman–Crippen MR) is 129 cm³/mol. The summed E-state index contributed by atoms with van der Waals surface area (Å²) in [6.45, 7) is 6.71. The van der Waals surface area contributed by atoms with Crippen molar-refractivity contribution in [2.24, 2.45) is 0 Å². The van der Waals surface area contributed by atoms with E-state index in [0.29, 0.717) is 30.1 Å². The smallest absolute Gasteiger partial charge is 0.273 e. The number of carbonyl (C=O) groups excluding carboxylic acids is 1. The number of fused-ring (bicyclic) bond motifs is 1. The van der Waals surface area contributed by atoms with E-state index in [9.17, 15) is 9.90 Å². The number of aryl methyl sites for hydroxylation is 2. The Bertz CT molecular complexity index is 1360. The molecule has 1 aliphatic rings. The lowest BCUT2D eigenvalue weighted by atomic mass is 9.94. The van der Waals surface area contributed by atoms with Crippen LogP contribution >= 0.6 is 0 Å². The zero-order valence-electron chi connectivity index (χ0n) is 19.4. The van der Waals surface area contributed by atoms with Crippen LogP contribution in [0.1, 0.15) is 51.3 Å². The summed E-state index contributed by atoms with van der Waals surface area (Å²) in [4.78, 5) is 19.6. The Hall–Kier alpha value is -4.13. The summed E-state index contributed by atoms with van der Waals surface area (Å²) in [5, 5.41) is 18.3. The average molecular weight is 455 g/mol. The van der Waals surface area contributed by atoms with Gasteiger partial charge in [0.25, 0.3) is 5.91 Å². The topological polar surface area (TPSA) is 91.3 Å². The first-order chi connectivity index (χ1) is 16.5. The van der Waals surface area contributed by atoms with Crippen molar-refractivity contribution >= 4 is 5.91 Å². The zero-order chi connectivity index (χ0) is 23.8. The molecule has 4 aromatic rings. The number of phenolic OH excluding ortho intramolecular Hbond substituents is 1. The van der Waals surface area contributed by atoms with Crippen LogP contribution in [0.2, 0.25) is 0 Å². The molecule has 2 N–H and O–H groups in total. The van der Waals surface area contributed by atoms with E-state index in [1.807, 2.05) is 74.2 Å². The lowest BCUT2D eigenvalue weighted by Gasteiger charge is -2.27. The third-order valence-corrected chi connectivity index (χ3v) is 6.12. The Morgan fingerprint density at radius 3 is 2.76 bits per heavy atom. The second-order valence-electron chi connectivity index (χ2n) is 8.54. The molecule has 2 aromatic carbocycles. The molecule has 1 atom stereocenters. The van der Waals surface area contributed by atoms with Gasteiger partial charge in [0, 0.05) is 30.1 Å². The third kappa shape index (κ3) is 3.69. The van der Waals surface area contributed by atoms with Gasteiger partial charge in [-0.05, 0) is 67.3 Å². The fourth-order valence-electron chi connectivity index (χ4n) is 4.68. The summed E-state index contributed by atoms with van der Waals surface area (Å²) in [6, 6.07) is 15.0. The Morgan fingerprint density at radius 1 is 1.15 bits per heavy atom. The van der Waals surface area contributed by atoms with Crippen molar-refractivity contribution in [3.05, 3.63) is 94.4 Å². The molecule has 1 amide bonds. The number of pyridine rings is 1. The van der Waals surface area contributed by atoms with Crippen molar-refractivity contribution < 1.29 is 14.6 Å². The van der Waals surface area contributed by atoms with Crippen LogP contribution in [0.3, 0.4) is 0 Å². The van der Waals surface area contributed by atoms with Gasteiger partial charge in [-0.2, -0.15) is 5.10 Å². The van der Waals surface area contributed by atoms with Gasteiger partial charge in [0.1, 0.15) is 22.9 Å². The van der Waals surface area contributed by atoms with E-state index in [-0.39, 0.29) is 11.7 Å². The molecule has 2 aromatic heterocycles. The highest BCUT2D eigenvalue weighted by Crippen LogP contribution is 2.46. The molecular weight excluding hydrogens is 428 g/mol. The second kappa shape index (κ2) is 8.67. The quantitative estimate of drug-likeness (QED) is 0.431. The van der Waals surface area contributed by atoms with Crippen LogP contribution in [-0.2, 0) is 6.54 Å². The monoisotopic (exact) mass is 454 g/mol. The number of ether oxygens (including phenoxy) is 1. The number of H-pyrrole nitrogens is 1. The molecule has 5 rings (SSSR count). The Morgan fingerprint density at radius 2 is 2.00 bits per heavy atom. The maximum Gasteiger partial charge on any atom is 0.273 e. The first kappa shape index (κ1) is 21.7. The average Bonchev–Trinajstić information content (AvgIpc) is 3.36. The Balaban J connectivity index is 1.69. The largest absolute Gasteiger partial charge is 0.507 e. The van der Waals surface area contributed by atoms with Crippen LogP contribution in [0.15, 0.2) is 60.9 Å². The predicted octanol–water partition coefficient (Wildman–Crippen LogP) is 4.94. The Kier molecular flexibility index (Phi) is 5.53. The van der Waals surface area contributed by atoms with E-state index in [4.69, 9.17) is 4.74 Å². The zero-order valence-corrected chi connectivity index (χ0v) is 19.4. The van der Waals surface area contributed by atoms with Crippen molar-refractivity contribution in [1.29, 1.82) is 0 Å². The van der Waals surface area contributed by atoms with Gasteiger partial charge in [0.05, 0.1) is 12.6 Å². The number of nitrogens with zero attached hydrogens (tertiary/aromatic N) is 3. The normalized spacial score (nSPS) is 15.0. The molecule has 0 radical (unpaired) electrons. The molecule has 7 heteroatoms. The minimum Gasteiger partial charge on any atom is -0.507 e. The van der Waals surface area contributed by atoms with Crippen LogP contribution in [0, 0.1) is 13.8 Å². The molecular formula is C27H26N4O3. The van der Waals surface area contributed by atoms with Gasteiger partial charge < -0.3 is 14.7 Å². The molecule has 0 unspecified atom stereocenters. The molecule has 0 bridgehead atoms. The highest BCUT2D eigenvalue weighted by atomic mass is 16.5. The number of carbonyl (C=O) groups is 1. The summed E-state index contributed by atoms with van der Waals surface area (Å²) in [5.41, 5.74) is 5.98. The summed E-state index contributed by atoms with van der Waals surface area (Å²) in [5.74, 6) is 0.759. The first-order valence-corrected chi connectivity index (χ1v) is 11.3. The molecule has 7 nitrogen and oxygen atoms in total. The number of phenols is 1. The number of hydrogen-bond donors (Lipinski definition) is 2. The van der Waals surface area contributed by atoms with Gasteiger partial charge in [0.2, 0.25) is 0 Å². The van der Waals surface area contributed by atoms with Gasteiger partial charge >= 0.3 is 0 Å². The lowest BCUT2D eigenvalue weighted by Crippen LogP contribution is -2.29. The minimum absolute atomic E-state index is 0.145. The van der Waals surface area contributed by atoms with Crippen molar-refractivity contribution in [3.8, 4) is 22.8 Å². The highest BCUT2D eigenvalue weighted by molar-refractivity contribution is 6.00. The lowest BCUT2D eigenvalue weighted by molar-refractivity contribution is 0.0729. The molecule has 0 saturated carbocycles. The van der Waals surface area contributed by atoms with E-state index in [2.05, 4.69) is 15.2 Å². The number of aromatic nitrogens is 3. The molecule has 0 fully saturated rings. The number of rotatable bonds is 6. The number of hydrogen-bond acceptors (Lipinski definition) is 5. The van der Waals surface area contributed by atoms with Gasteiger partial charge in [0.15, 0.2) is 0 Å². The summed E-state index contributed by atoms with van der Waals surface area (Å²) >= 11 is 0. The fourth-order valence-corrected chi connectivity index (χ4v) is 4.68. The maximum atomic E-state index is 13.6. The van der Waals surface area contributed by atoms with Gasteiger partial charge in [-0.25, -0.2) is 0 Å². The maximum absolute atomic E-state index is 13.6. The fraction of sp³-hybridized carbons (Fsp3) is 0.222. The molecule has 0 aliphatic carbocycles. The second-order valence-corrected chi connectivity index (χ2v) is 8.54. The summed E-state index contributed by atoms with van der Waals surface area (Å²) < 4.78 is 5.74. The molecule has 1 aliphatic heterocycles. The van der Waals surface area contributed by atoms with Crippen molar-refractivity contribution in [2.75, 3.05) is 6.61 Å². The van der Waals surface area contributed by atoms with Crippen LogP contribution in [-0.4, -0.2) is 37.7 Å². The molecule has 172 valence electrons. The molecule has 3 heterocycles. The van der Waals surface area contributed by atoms with E-state index < -0.39 is 6.04 Å². The summed E-state index contributed by atoms with van der Waals surface area (Å²) in [6.07, 6.45) is 3.48. The molecule has 34 heavy (non-hydrogen) atoms. The van der Waals surface area contributed by atoms with E-state index >= 15 is 0 Å². The van der Waals surface area contributed by atoms with Crippen LogP contribution in [0.4, 0.5) is 0 Å². The van der Waals surface area contributed by atoms with Crippen LogP contribution < -0.4 is 4.74 Å². The third-order valence-electron chi connectivity index (χ3n) is 6.12. The van der Waals surface area contributed by atoms with Gasteiger partial charge in [-0.3, -0.25) is 14.9 Å². The number of aromatic hydroxyl groups is 1. The first-order valence-electron chi connectivity index (χ1n) is 11.3. The Labute approximate surface area is 198 Å². The van der Waals surface area contributed by atoms with E-state index in [0.717, 1.165) is 33.6 Å². The van der Waals surface area contributed by atoms with Crippen molar-refractivity contribution in [3.63, 3.8) is 0 Å². The number of benzene rings is 2. The van der Waals surface area contributed by atoms with Crippen LogP contribution in [0.5, 0.6) is 11.5 Å². The van der Waals surface area contributed by atoms with Crippen molar-refractivity contribution in [1.82, 2.24) is 20.1 Å². The van der Waals surface area contributed by atoms with Gasteiger partial charge in [-0.15, -0.1) is 0 Å². The van der Waals surface area contributed by atoms with Gasteiger partial charge in [-0.1, -0.05) is 24.3 Å². The standard InChI is InChI=1S/C27H26N4O3/c1-4-34-20-9-5-8-19(13-20)25-22-23(21-12-16(2)11-17(3)26(21)32)29-30-24(22)27(33)31(25)15-18-7-6-10-28-14-18/h5-14,25,32H,4,15H2,1-3H3,(H,29,30)/t25-/m0/s1.